The number of rotatable bonds is 8. The van der Waals surface area contributed by atoms with Crippen LogP contribution in [0.4, 0.5) is 0 Å². The molecule has 0 aliphatic carbocycles. The van der Waals surface area contributed by atoms with Gasteiger partial charge in [0.05, 0.1) is 5.56 Å². The fourth-order valence-corrected chi connectivity index (χ4v) is 3.75. The Bertz CT molecular complexity index is 881. The van der Waals surface area contributed by atoms with Crippen LogP contribution in [-0.4, -0.2) is 72.2 Å². The van der Waals surface area contributed by atoms with E-state index in [0.29, 0.717) is 17.5 Å². The molecular formula is C22H30N4O3. The van der Waals surface area contributed by atoms with E-state index in [1.807, 2.05) is 48.2 Å². The molecule has 1 aliphatic heterocycles. The summed E-state index contributed by atoms with van der Waals surface area (Å²) in [6.45, 7) is 3.05. The third-order valence-corrected chi connectivity index (χ3v) is 5.32. The second-order valence-electron chi connectivity index (χ2n) is 7.87. The van der Waals surface area contributed by atoms with E-state index in [-0.39, 0.29) is 12.5 Å². The Morgan fingerprint density at radius 1 is 1.07 bits per heavy atom. The molecule has 0 unspecified atom stereocenters. The molecule has 7 nitrogen and oxygen atoms in total. The van der Waals surface area contributed by atoms with Gasteiger partial charge in [-0.3, -0.25) is 14.4 Å². The molecule has 1 aliphatic rings. The number of carbonyl (C=O) groups excluding carboxylic acids is 3. The van der Waals surface area contributed by atoms with E-state index >= 15 is 0 Å². The minimum absolute atomic E-state index is 0.0533. The van der Waals surface area contributed by atoms with Crippen molar-refractivity contribution in [3.63, 3.8) is 0 Å². The van der Waals surface area contributed by atoms with Gasteiger partial charge in [0.15, 0.2) is 0 Å². The van der Waals surface area contributed by atoms with Gasteiger partial charge in [-0.2, -0.15) is 0 Å². The number of nitrogens with zero attached hydrogens (tertiary/aromatic N) is 3. The van der Waals surface area contributed by atoms with E-state index < -0.39 is 11.7 Å². The van der Waals surface area contributed by atoms with Crippen molar-refractivity contribution in [3.8, 4) is 0 Å². The van der Waals surface area contributed by atoms with Gasteiger partial charge in [0, 0.05) is 36.7 Å². The number of fused-ring (bicyclic) bond motifs is 1. The minimum Gasteiger partial charge on any atom is -0.349 e. The first-order valence-corrected chi connectivity index (χ1v) is 10.3. The zero-order valence-electron chi connectivity index (χ0n) is 17.3. The highest BCUT2D eigenvalue weighted by molar-refractivity contribution is 6.45. The quantitative estimate of drug-likeness (QED) is 0.419. The molecule has 0 bridgehead atoms. The summed E-state index contributed by atoms with van der Waals surface area (Å²) in [5, 5.41) is 3.40. The van der Waals surface area contributed by atoms with Gasteiger partial charge in [-0.1, -0.05) is 18.2 Å². The van der Waals surface area contributed by atoms with Crippen LogP contribution in [0.3, 0.4) is 0 Å². The van der Waals surface area contributed by atoms with Gasteiger partial charge < -0.3 is 19.7 Å². The maximum absolute atomic E-state index is 12.8. The molecule has 29 heavy (non-hydrogen) atoms. The number of carbonyl (C=O) groups is 3. The van der Waals surface area contributed by atoms with E-state index in [1.54, 1.807) is 10.8 Å². The van der Waals surface area contributed by atoms with Crippen molar-refractivity contribution < 1.29 is 14.4 Å². The van der Waals surface area contributed by atoms with Crippen LogP contribution >= 0.6 is 0 Å². The maximum atomic E-state index is 12.8. The van der Waals surface area contributed by atoms with Crippen molar-refractivity contribution >= 4 is 28.5 Å². The smallest absolute Gasteiger partial charge is 0.292 e. The van der Waals surface area contributed by atoms with E-state index in [9.17, 15) is 14.4 Å². The summed E-state index contributed by atoms with van der Waals surface area (Å²) < 4.78 is 1.79. The Balaban J connectivity index is 1.74. The highest BCUT2D eigenvalue weighted by Gasteiger charge is 2.23. The highest BCUT2D eigenvalue weighted by atomic mass is 16.2. The zero-order chi connectivity index (χ0) is 20.8. The lowest BCUT2D eigenvalue weighted by Crippen LogP contribution is -2.37. The first-order chi connectivity index (χ1) is 14.0. The molecule has 1 aromatic carbocycles. The van der Waals surface area contributed by atoms with Crippen LogP contribution in [0.25, 0.3) is 10.9 Å². The summed E-state index contributed by atoms with van der Waals surface area (Å²) in [5.74, 6) is -1.11. The topological polar surface area (TPSA) is 74.6 Å². The second-order valence-corrected chi connectivity index (χ2v) is 7.87. The molecule has 1 saturated heterocycles. The lowest BCUT2D eigenvalue weighted by Gasteiger charge is -2.27. The van der Waals surface area contributed by atoms with Gasteiger partial charge in [-0.25, -0.2) is 0 Å². The summed E-state index contributed by atoms with van der Waals surface area (Å²) >= 11 is 0. The van der Waals surface area contributed by atoms with Crippen LogP contribution in [0.5, 0.6) is 0 Å². The number of para-hydroxylation sites is 1. The molecule has 3 rings (SSSR count). The van der Waals surface area contributed by atoms with E-state index in [2.05, 4.69) is 5.32 Å². The third-order valence-electron chi connectivity index (χ3n) is 5.32. The minimum atomic E-state index is -0.603. The molecule has 2 heterocycles. The van der Waals surface area contributed by atoms with Gasteiger partial charge in [-0.05, 0) is 52.4 Å². The Hall–Kier alpha value is -2.67. The number of benzene rings is 1. The number of aromatic nitrogens is 1. The molecule has 0 saturated carbocycles. The van der Waals surface area contributed by atoms with E-state index in [4.69, 9.17) is 0 Å². The molecule has 0 atom stereocenters. The molecule has 2 aromatic rings. The van der Waals surface area contributed by atoms with Crippen molar-refractivity contribution in [1.82, 2.24) is 19.7 Å². The van der Waals surface area contributed by atoms with Crippen molar-refractivity contribution in [2.24, 2.45) is 0 Å². The zero-order valence-corrected chi connectivity index (χ0v) is 17.3. The second kappa shape index (κ2) is 9.69. The molecular weight excluding hydrogens is 368 g/mol. The average Bonchev–Trinajstić information content (AvgIpc) is 3.09. The Morgan fingerprint density at radius 3 is 2.52 bits per heavy atom. The van der Waals surface area contributed by atoms with Gasteiger partial charge in [0.25, 0.3) is 11.7 Å². The fourth-order valence-electron chi connectivity index (χ4n) is 3.75. The van der Waals surface area contributed by atoms with Crippen molar-refractivity contribution in [3.05, 3.63) is 36.0 Å². The first kappa shape index (κ1) is 21.0. The maximum Gasteiger partial charge on any atom is 0.292 e. The number of hydrogen-bond donors (Lipinski definition) is 1. The first-order valence-electron chi connectivity index (χ1n) is 10.3. The summed E-state index contributed by atoms with van der Waals surface area (Å²) in [6.07, 6.45) is 5.66. The normalized spacial score (nSPS) is 14.4. The van der Waals surface area contributed by atoms with Gasteiger partial charge in [-0.15, -0.1) is 0 Å². The number of ketones is 1. The predicted octanol–water partition coefficient (Wildman–Crippen LogP) is 1.90. The SMILES string of the molecule is CN(C)CCCNC(=O)C(=O)c1cn(CC(=O)N2CCCCC2)c2ccccc12. The number of piperidine rings is 1. The van der Waals surface area contributed by atoms with Crippen LogP contribution in [0.1, 0.15) is 36.0 Å². The van der Waals surface area contributed by atoms with Crippen LogP contribution in [0.15, 0.2) is 30.5 Å². The Labute approximate surface area is 171 Å². The molecule has 1 fully saturated rings. The molecule has 1 aromatic heterocycles. The van der Waals surface area contributed by atoms with Crippen molar-refractivity contribution in [2.75, 3.05) is 40.3 Å². The molecule has 0 spiro atoms. The fraction of sp³-hybridized carbons (Fsp3) is 0.500. The van der Waals surface area contributed by atoms with Gasteiger partial charge in [0.2, 0.25) is 5.91 Å². The van der Waals surface area contributed by atoms with Crippen LogP contribution in [-0.2, 0) is 16.1 Å². The third kappa shape index (κ3) is 5.23. The Kier molecular flexibility index (Phi) is 7.04. The predicted molar refractivity (Wildman–Crippen MR) is 113 cm³/mol. The summed E-state index contributed by atoms with van der Waals surface area (Å²) in [7, 11) is 3.93. The van der Waals surface area contributed by atoms with Gasteiger partial charge in [0.1, 0.15) is 6.54 Å². The molecule has 7 heteroatoms. The van der Waals surface area contributed by atoms with Crippen LogP contribution < -0.4 is 5.32 Å². The largest absolute Gasteiger partial charge is 0.349 e. The number of amides is 2. The van der Waals surface area contributed by atoms with Gasteiger partial charge >= 0.3 is 0 Å². The number of hydrogen-bond acceptors (Lipinski definition) is 4. The highest BCUT2D eigenvalue weighted by Crippen LogP contribution is 2.22. The molecule has 1 N–H and O–H groups in total. The van der Waals surface area contributed by atoms with Crippen LogP contribution in [0, 0.1) is 0 Å². The number of nitrogens with one attached hydrogen (secondary N) is 1. The number of Topliss-reactive ketones (excluding diaryl/α,β-unsaturated/α-hetero) is 1. The molecule has 156 valence electrons. The van der Waals surface area contributed by atoms with E-state index in [0.717, 1.165) is 44.4 Å². The molecule has 2 amide bonds. The van der Waals surface area contributed by atoms with E-state index in [1.165, 1.54) is 6.42 Å². The van der Waals surface area contributed by atoms with Crippen molar-refractivity contribution in [1.29, 1.82) is 0 Å². The van der Waals surface area contributed by atoms with Crippen LogP contribution in [0.2, 0.25) is 0 Å². The lowest BCUT2D eigenvalue weighted by molar-refractivity contribution is -0.132. The number of likely N-dealkylation sites (tertiary alicyclic amines) is 1. The summed E-state index contributed by atoms with van der Waals surface area (Å²) in [5.41, 5.74) is 1.14. The summed E-state index contributed by atoms with van der Waals surface area (Å²) in [6, 6.07) is 7.42. The summed E-state index contributed by atoms with van der Waals surface area (Å²) in [4.78, 5) is 41.7. The lowest BCUT2D eigenvalue weighted by atomic mass is 10.1. The monoisotopic (exact) mass is 398 g/mol. The standard InChI is InChI=1S/C22H30N4O3/c1-24(2)12-8-11-23-22(29)21(28)18-15-26(19-10-5-4-9-17(18)19)16-20(27)25-13-6-3-7-14-25/h4-5,9-10,15H,3,6-8,11-14,16H2,1-2H3,(H,23,29). The molecule has 0 radical (unpaired) electrons. The Morgan fingerprint density at radius 2 is 1.79 bits per heavy atom. The average molecular weight is 399 g/mol. The van der Waals surface area contributed by atoms with Crippen molar-refractivity contribution in [2.45, 2.75) is 32.2 Å².